The molecule has 1 aromatic carbocycles. The molecule has 1 aliphatic rings. The number of fused-ring (bicyclic) bond motifs is 1. The predicted octanol–water partition coefficient (Wildman–Crippen LogP) is 1.01. The summed E-state index contributed by atoms with van der Waals surface area (Å²) in [5, 5.41) is 2.80. The van der Waals surface area contributed by atoms with E-state index in [0.717, 1.165) is 4.90 Å². The van der Waals surface area contributed by atoms with E-state index in [1.165, 1.54) is 0 Å². The number of anilines is 1. The SMILES string of the molecule is CCNC(=O)CN1C(=O)C(=O)c2c(Cl)cccc21. The highest BCUT2D eigenvalue weighted by atomic mass is 35.5. The summed E-state index contributed by atoms with van der Waals surface area (Å²) in [5.41, 5.74) is 0.567. The number of likely N-dealkylation sites (N-methyl/N-ethyl adjacent to an activating group) is 1. The van der Waals surface area contributed by atoms with Crippen LogP contribution in [0.15, 0.2) is 18.2 Å². The lowest BCUT2D eigenvalue weighted by Crippen LogP contribution is -2.40. The molecule has 1 heterocycles. The van der Waals surface area contributed by atoms with Crippen LogP contribution >= 0.6 is 11.6 Å². The van der Waals surface area contributed by atoms with E-state index < -0.39 is 11.7 Å². The van der Waals surface area contributed by atoms with Crippen molar-refractivity contribution in [2.75, 3.05) is 18.0 Å². The van der Waals surface area contributed by atoms with Crippen molar-refractivity contribution in [3.63, 3.8) is 0 Å². The van der Waals surface area contributed by atoms with Gasteiger partial charge in [-0.05, 0) is 19.1 Å². The van der Waals surface area contributed by atoms with Crippen molar-refractivity contribution in [1.82, 2.24) is 5.32 Å². The van der Waals surface area contributed by atoms with E-state index in [4.69, 9.17) is 11.6 Å². The molecule has 0 atom stereocenters. The number of nitrogens with zero attached hydrogens (tertiary/aromatic N) is 1. The van der Waals surface area contributed by atoms with Gasteiger partial charge in [-0.25, -0.2) is 0 Å². The van der Waals surface area contributed by atoms with Crippen molar-refractivity contribution in [2.24, 2.45) is 0 Å². The first-order valence-electron chi connectivity index (χ1n) is 5.47. The molecule has 0 spiro atoms. The molecule has 5 nitrogen and oxygen atoms in total. The van der Waals surface area contributed by atoms with Crippen molar-refractivity contribution in [1.29, 1.82) is 0 Å². The van der Waals surface area contributed by atoms with Gasteiger partial charge in [-0.15, -0.1) is 0 Å². The minimum Gasteiger partial charge on any atom is -0.355 e. The fourth-order valence-electron chi connectivity index (χ4n) is 1.86. The number of Topliss-reactive ketones (excluding diaryl/α,β-unsaturated/α-hetero) is 1. The topological polar surface area (TPSA) is 66.5 Å². The molecule has 0 unspecified atom stereocenters. The van der Waals surface area contributed by atoms with Crippen LogP contribution in [0.5, 0.6) is 0 Å². The lowest BCUT2D eigenvalue weighted by molar-refractivity contribution is -0.122. The summed E-state index contributed by atoms with van der Waals surface area (Å²) in [6, 6.07) is 4.78. The zero-order valence-corrected chi connectivity index (χ0v) is 10.5. The molecule has 0 aromatic heterocycles. The van der Waals surface area contributed by atoms with Crippen LogP contribution in [0.1, 0.15) is 17.3 Å². The smallest absolute Gasteiger partial charge is 0.300 e. The van der Waals surface area contributed by atoms with E-state index in [9.17, 15) is 14.4 Å². The molecule has 0 saturated heterocycles. The zero-order valence-electron chi connectivity index (χ0n) is 9.70. The number of hydrogen-bond donors (Lipinski definition) is 1. The van der Waals surface area contributed by atoms with Gasteiger partial charge in [0, 0.05) is 6.54 Å². The van der Waals surface area contributed by atoms with Gasteiger partial charge in [-0.1, -0.05) is 17.7 Å². The van der Waals surface area contributed by atoms with E-state index in [1.807, 2.05) is 0 Å². The van der Waals surface area contributed by atoms with Crippen LogP contribution in [0.25, 0.3) is 0 Å². The average molecular weight is 267 g/mol. The molecule has 1 aromatic rings. The summed E-state index contributed by atoms with van der Waals surface area (Å²) in [6.45, 7) is 2.07. The van der Waals surface area contributed by atoms with Crippen molar-refractivity contribution in [2.45, 2.75) is 6.92 Å². The second kappa shape index (κ2) is 4.78. The Bertz CT molecular complexity index is 542. The molecule has 6 heteroatoms. The van der Waals surface area contributed by atoms with Crippen LogP contribution < -0.4 is 10.2 Å². The monoisotopic (exact) mass is 266 g/mol. The summed E-state index contributed by atoms with van der Waals surface area (Å²) in [7, 11) is 0. The summed E-state index contributed by atoms with van der Waals surface area (Å²) in [5.74, 6) is -1.70. The largest absolute Gasteiger partial charge is 0.355 e. The summed E-state index contributed by atoms with van der Waals surface area (Å²) < 4.78 is 0. The van der Waals surface area contributed by atoms with Gasteiger partial charge in [0.1, 0.15) is 6.54 Å². The van der Waals surface area contributed by atoms with E-state index in [1.54, 1.807) is 25.1 Å². The second-order valence-electron chi connectivity index (χ2n) is 3.81. The molecule has 0 bridgehead atoms. The Labute approximate surface area is 109 Å². The number of amides is 2. The van der Waals surface area contributed by atoms with Gasteiger partial charge in [-0.3, -0.25) is 19.3 Å². The van der Waals surface area contributed by atoms with Crippen LogP contribution in [0, 0.1) is 0 Å². The molecule has 0 saturated carbocycles. The maximum atomic E-state index is 11.8. The van der Waals surface area contributed by atoms with Gasteiger partial charge < -0.3 is 5.32 Å². The Balaban J connectivity index is 2.35. The highest BCUT2D eigenvalue weighted by Gasteiger charge is 2.38. The fraction of sp³-hybridized carbons (Fsp3) is 0.250. The third-order valence-corrected chi connectivity index (χ3v) is 2.94. The first kappa shape index (κ1) is 12.6. The second-order valence-corrected chi connectivity index (χ2v) is 4.22. The van der Waals surface area contributed by atoms with Crippen LogP contribution in [-0.4, -0.2) is 30.7 Å². The predicted molar refractivity (Wildman–Crippen MR) is 66.8 cm³/mol. The summed E-state index contributed by atoms with van der Waals surface area (Å²) in [4.78, 5) is 36.2. The minimum absolute atomic E-state index is 0.175. The van der Waals surface area contributed by atoms with Gasteiger partial charge in [0.25, 0.3) is 11.7 Å². The number of carbonyl (C=O) groups excluding carboxylic acids is 3. The van der Waals surface area contributed by atoms with Crippen molar-refractivity contribution in [3.8, 4) is 0 Å². The molecule has 2 amide bonds. The van der Waals surface area contributed by atoms with E-state index in [-0.39, 0.29) is 23.0 Å². The molecule has 1 aliphatic heterocycles. The molecule has 2 rings (SSSR count). The lowest BCUT2D eigenvalue weighted by atomic mass is 10.1. The molecule has 18 heavy (non-hydrogen) atoms. The summed E-state index contributed by atoms with van der Waals surface area (Å²) >= 11 is 5.89. The molecule has 0 aliphatic carbocycles. The van der Waals surface area contributed by atoms with Gasteiger partial charge in [-0.2, -0.15) is 0 Å². The Morgan fingerprint density at radius 1 is 1.39 bits per heavy atom. The van der Waals surface area contributed by atoms with Crippen LogP contribution in [0.3, 0.4) is 0 Å². The Morgan fingerprint density at radius 3 is 2.78 bits per heavy atom. The van der Waals surface area contributed by atoms with Crippen molar-refractivity contribution in [3.05, 3.63) is 28.8 Å². The fourth-order valence-corrected chi connectivity index (χ4v) is 2.11. The molecule has 94 valence electrons. The standard InChI is InChI=1S/C12H11ClN2O3/c1-2-14-9(16)6-15-8-5-3-4-7(13)10(8)11(17)12(15)18/h3-5H,2,6H2,1H3,(H,14,16). The molecule has 0 fully saturated rings. The van der Waals surface area contributed by atoms with Crippen molar-refractivity contribution < 1.29 is 14.4 Å². The number of benzene rings is 1. The zero-order chi connectivity index (χ0) is 13.3. The average Bonchev–Trinajstić information content (AvgIpc) is 2.56. The number of nitrogens with one attached hydrogen (secondary N) is 1. The number of hydrogen-bond acceptors (Lipinski definition) is 3. The van der Waals surface area contributed by atoms with Gasteiger partial charge in [0.2, 0.25) is 5.91 Å². The van der Waals surface area contributed by atoms with Gasteiger partial charge in [0.15, 0.2) is 0 Å². The minimum atomic E-state index is -0.718. The third kappa shape index (κ3) is 1.97. The quantitative estimate of drug-likeness (QED) is 0.830. The number of carbonyl (C=O) groups is 3. The Kier molecular flexibility index (Phi) is 3.34. The number of ketones is 1. The number of rotatable bonds is 3. The van der Waals surface area contributed by atoms with Crippen LogP contribution in [0.2, 0.25) is 5.02 Å². The van der Waals surface area contributed by atoms with Crippen LogP contribution in [0.4, 0.5) is 5.69 Å². The van der Waals surface area contributed by atoms with Crippen molar-refractivity contribution >= 4 is 34.9 Å². The maximum Gasteiger partial charge on any atom is 0.300 e. The van der Waals surface area contributed by atoms with Gasteiger partial charge in [0.05, 0.1) is 16.3 Å². The normalized spacial score (nSPS) is 13.8. The number of halogens is 1. The molecular formula is C12H11ClN2O3. The first-order chi connectivity index (χ1) is 8.56. The molecule has 0 radical (unpaired) electrons. The Hall–Kier alpha value is -1.88. The molecular weight excluding hydrogens is 256 g/mol. The first-order valence-corrected chi connectivity index (χ1v) is 5.85. The van der Waals surface area contributed by atoms with E-state index in [2.05, 4.69) is 5.32 Å². The van der Waals surface area contributed by atoms with Crippen LogP contribution in [-0.2, 0) is 9.59 Å². The summed E-state index contributed by atoms with van der Waals surface area (Å²) in [6.07, 6.45) is 0. The highest BCUT2D eigenvalue weighted by molar-refractivity contribution is 6.55. The Morgan fingerprint density at radius 2 is 2.11 bits per heavy atom. The van der Waals surface area contributed by atoms with E-state index in [0.29, 0.717) is 12.2 Å². The molecule has 1 N–H and O–H groups in total. The highest BCUT2D eigenvalue weighted by Crippen LogP contribution is 2.33. The van der Waals surface area contributed by atoms with E-state index >= 15 is 0 Å². The third-order valence-electron chi connectivity index (χ3n) is 2.62. The van der Waals surface area contributed by atoms with Gasteiger partial charge >= 0.3 is 0 Å². The maximum absolute atomic E-state index is 11.8. The lowest BCUT2D eigenvalue weighted by Gasteiger charge is -2.15.